The molecule has 3 amide bonds. The van der Waals surface area contributed by atoms with Crippen LogP contribution in [-0.2, 0) is 9.59 Å². The van der Waals surface area contributed by atoms with Gasteiger partial charge in [0.15, 0.2) is 0 Å². The van der Waals surface area contributed by atoms with Crippen LogP contribution >= 0.6 is 0 Å². The van der Waals surface area contributed by atoms with Crippen molar-refractivity contribution in [3.8, 4) is 0 Å². The Labute approximate surface area is 137 Å². The number of carboxylic acids is 1. The van der Waals surface area contributed by atoms with E-state index in [0.29, 0.717) is 18.8 Å². The van der Waals surface area contributed by atoms with Crippen LogP contribution in [0.5, 0.6) is 0 Å². The summed E-state index contributed by atoms with van der Waals surface area (Å²) in [5.74, 6) is -1.31. The van der Waals surface area contributed by atoms with Gasteiger partial charge in [0.05, 0.1) is 0 Å². The third kappa shape index (κ3) is 3.34. The first-order chi connectivity index (χ1) is 10.7. The van der Waals surface area contributed by atoms with E-state index in [2.05, 4.69) is 24.1 Å². The molecule has 7 heteroatoms. The van der Waals surface area contributed by atoms with Gasteiger partial charge in [-0.2, -0.15) is 0 Å². The number of amides is 3. The molecule has 0 aromatic heterocycles. The number of hydrogen-bond acceptors (Lipinski definition) is 4. The fourth-order valence-electron chi connectivity index (χ4n) is 3.56. The summed E-state index contributed by atoms with van der Waals surface area (Å²) in [6.07, 6.45) is 1.07. The summed E-state index contributed by atoms with van der Waals surface area (Å²) in [6.45, 7) is 10.1. The minimum atomic E-state index is -1.14. The Kier molecular flexibility index (Phi) is 4.98. The lowest BCUT2D eigenvalue weighted by atomic mass is 9.86. The van der Waals surface area contributed by atoms with E-state index in [1.807, 2.05) is 0 Å². The monoisotopic (exact) mass is 325 g/mol. The molecule has 0 aliphatic carbocycles. The maximum absolute atomic E-state index is 12.8. The quantitative estimate of drug-likeness (QED) is 0.740. The fraction of sp³-hybridized carbons (Fsp3) is 0.812. The first-order valence-corrected chi connectivity index (χ1v) is 8.29. The Hall–Kier alpha value is -1.63. The van der Waals surface area contributed by atoms with E-state index in [0.717, 1.165) is 24.5 Å². The van der Waals surface area contributed by atoms with Crippen molar-refractivity contribution >= 4 is 17.9 Å². The highest BCUT2D eigenvalue weighted by molar-refractivity contribution is 6.09. The van der Waals surface area contributed by atoms with E-state index in [1.54, 1.807) is 13.8 Å². The number of likely N-dealkylation sites (tertiary alicyclic amines) is 1. The largest absolute Gasteiger partial charge is 0.480 e. The molecule has 2 saturated heterocycles. The van der Waals surface area contributed by atoms with Crippen LogP contribution in [0.3, 0.4) is 0 Å². The Morgan fingerprint density at radius 1 is 1.22 bits per heavy atom. The Bertz CT molecular complexity index is 496. The lowest BCUT2D eigenvalue weighted by molar-refractivity contribution is -0.150. The molecule has 2 heterocycles. The third-order valence-corrected chi connectivity index (χ3v) is 4.69. The zero-order valence-electron chi connectivity index (χ0n) is 14.3. The number of carbonyl (C=O) groups excluding carboxylic acids is 2. The molecule has 0 aromatic rings. The van der Waals surface area contributed by atoms with E-state index in [-0.39, 0.29) is 11.8 Å². The van der Waals surface area contributed by atoms with Gasteiger partial charge in [0.25, 0.3) is 5.91 Å². The van der Waals surface area contributed by atoms with Crippen LogP contribution in [0.25, 0.3) is 0 Å². The summed E-state index contributed by atoms with van der Waals surface area (Å²) in [5, 5.41) is 12.2. The summed E-state index contributed by atoms with van der Waals surface area (Å²) in [4.78, 5) is 39.8. The number of carbonyl (C=O) groups is 3. The zero-order valence-corrected chi connectivity index (χ0v) is 14.3. The van der Waals surface area contributed by atoms with Gasteiger partial charge in [-0.25, -0.2) is 14.5 Å². The van der Waals surface area contributed by atoms with Crippen molar-refractivity contribution in [3.63, 3.8) is 0 Å². The molecule has 1 unspecified atom stereocenters. The smallest absolute Gasteiger partial charge is 0.327 e. The number of hydrogen-bond donors (Lipinski definition) is 2. The molecule has 2 aliphatic rings. The normalized spacial score (nSPS) is 23.0. The maximum Gasteiger partial charge on any atom is 0.327 e. The molecule has 1 atom stereocenters. The predicted octanol–water partition coefficient (Wildman–Crippen LogP) is 1.14. The summed E-state index contributed by atoms with van der Waals surface area (Å²) in [7, 11) is 0. The maximum atomic E-state index is 12.8. The van der Waals surface area contributed by atoms with Gasteiger partial charge in [0, 0.05) is 19.6 Å². The molecular weight excluding hydrogens is 298 g/mol. The van der Waals surface area contributed by atoms with Gasteiger partial charge in [-0.3, -0.25) is 4.79 Å². The molecule has 1 spiro atoms. The number of piperidine rings is 1. The van der Waals surface area contributed by atoms with Crippen molar-refractivity contribution in [2.45, 2.75) is 52.1 Å². The first kappa shape index (κ1) is 17.7. The molecule has 23 heavy (non-hydrogen) atoms. The zero-order chi connectivity index (χ0) is 17.4. The van der Waals surface area contributed by atoms with Crippen molar-refractivity contribution in [2.24, 2.45) is 11.8 Å². The minimum Gasteiger partial charge on any atom is -0.480 e. The van der Waals surface area contributed by atoms with Gasteiger partial charge in [0.1, 0.15) is 11.6 Å². The van der Waals surface area contributed by atoms with Crippen molar-refractivity contribution in [3.05, 3.63) is 0 Å². The highest BCUT2D eigenvalue weighted by Crippen LogP contribution is 2.32. The second kappa shape index (κ2) is 6.47. The van der Waals surface area contributed by atoms with Crippen molar-refractivity contribution in [1.29, 1.82) is 0 Å². The average Bonchev–Trinajstić information content (AvgIpc) is 2.65. The van der Waals surface area contributed by atoms with E-state index in [4.69, 9.17) is 0 Å². The lowest BCUT2D eigenvalue weighted by Crippen LogP contribution is -2.56. The topological polar surface area (TPSA) is 90.0 Å². The van der Waals surface area contributed by atoms with Gasteiger partial charge >= 0.3 is 12.0 Å². The van der Waals surface area contributed by atoms with Crippen LogP contribution in [-0.4, -0.2) is 64.0 Å². The number of aliphatic carboxylic acids is 1. The Balaban J connectivity index is 2.14. The highest BCUT2D eigenvalue weighted by Gasteiger charge is 2.55. The molecule has 0 aromatic carbocycles. The number of rotatable bonds is 5. The van der Waals surface area contributed by atoms with Gasteiger partial charge in [-0.15, -0.1) is 0 Å². The molecule has 2 N–H and O–H groups in total. The third-order valence-electron chi connectivity index (χ3n) is 4.69. The average molecular weight is 325 g/mol. The Morgan fingerprint density at radius 3 is 2.22 bits per heavy atom. The second-order valence-corrected chi connectivity index (χ2v) is 7.41. The highest BCUT2D eigenvalue weighted by atomic mass is 16.4. The fourth-order valence-corrected chi connectivity index (χ4v) is 3.56. The summed E-state index contributed by atoms with van der Waals surface area (Å²) >= 11 is 0. The standard InChI is InChI=1S/C16H27N3O4/c1-10(2)9-18-7-5-16(6-8-18)14(22)19(15(23)17-16)12(11(3)4)13(20)21/h10-12H,5-9H2,1-4H3,(H,17,23)(H,20,21). The Morgan fingerprint density at radius 2 is 1.78 bits per heavy atom. The molecule has 2 aliphatic heterocycles. The van der Waals surface area contributed by atoms with E-state index in [1.165, 1.54) is 0 Å². The summed E-state index contributed by atoms with van der Waals surface area (Å²) in [6, 6.07) is -1.69. The van der Waals surface area contributed by atoms with Crippen LogP contribution in [0, 0.1) is 11.8 Å². The van der Waals surface area contributed by atoms with Crippen LogP contribution in [0.1, 0.15) is 40.5 Å². The van der Waals surface area contributed by atoms with Gasteiger partial charge in [-0.05, 0) is 24.7 Å². The molecule has 0 bridgehead atoms. The predicted molar refractivity (Wildman–Crippen MR) is 84.9 cm³/mol. The van der Waals surface area contributed by atoms with Crippen molar-refractivity contribution in [1.82, 2.24) is 15.1 Å². The van der Waals surface area contributed by atoms with E-state index in [9.17, 15) is 19.5 Å². The van der Waals surface area contributed by atoms with Crippen LogP contribution in [0.15, 0.2) is 0 Å². The number of nitrogens with zero attached hydrogens (tertiary/aromatic N) is 2. The molecule has 130 valence electrons. The molecule has 2 fully saturated rings. The second-order valence-electron chi connectivity index (χ2n) is 7.41. The van der Waals surface area contributed by atoms with Crippen molar-refractivity contribution in [2.75, 3.05) is 19.6 Å². The van der Waals surface area contributed by atoms with Crippen LogP contribution in [0.2, 0.25) is 0 Å². The number of nitrogens with one attached hydrogen (secondary N) is 1. The van der Waals surface area contributed by atoms with Gasteiger partial charge in [0.2, 0.25) is 0 Å². The van der Waals surface area contributed by atoms with Crippen LogP contribution < -0.4 is 5.32 Å². The minimum absolute atomic E-state index is 0.335. The number of carboxylic acid groups (broad SMARTS) is 1. The first-order valence-electron chi connectivity index (χ1n) is 8.29. The summed E-state index contributed by atoms with van der Waals surface area (Å²) < 4.78 is 0. The lowest BCUT2D eigenvalue weighted by Gasteiger charge is -2.38. The number of imide groups is 1. The SMILES string of the molecule is CC(C)CN1CCC2(CC1)NC(=O)N(C(C(=O)O)C(C)C)C2=O. The number of urea groups is 1. The molecular formula is C16H27N3O4. The summed E-state index contributed by atoms with van der Waals surface area (Å²) in [5.41, 5.74) is -0.923. The molecule has 7 nitrogen and oxygen atoms in total. The van der Waals surface area contributed by atoms with Gasteiger partial charge < -0.3 is 15.3 Å². The molecule has 2 rings (SSSR count). The van der Waals surface area contributed by atoms with Crippen LogP contribution in [0.4, 0.5) is 4.79 Å². The molecule has 0 radical (unpaired) electrons. The van der Waals surface area contributed by atoms with E-state index >= 15 is 0 Å². The molecule has 0 saturated carbocycles. The van der Waals surface area contributed by atoms with Crippen molar-refractivity contribution < 1.29 is 19.5 Å². The van der Waals surface area contributed by atoms with E-state index < -0.39 is 23.6 Å². The van der Waals surface area contributed by atoms with Gasteiger partial charge in [-0.1, -0.05) is 27.7 Å².